The maximum absolute atomic E-state index is 10.4. The lowest BCUT2D eigenvalue weighted by Gasteiger charge is -2.10. The van der Waals surface area contributed by atoms with Gasteiger partial charge in [-0.05, 0) is 49.1 Å². The van der Waals surface area contributed by atoms with E-state index < -0.39 is 6.09 Å². The minimum atomic E-state index is -1.02. The summed E-state index contributed by atoms with van der Waals surface area (Å²) in [6.45, 7) is 6.09. The number of anilines is 1. The van der Waals surface area contributed by atoms with Gasteiger partial charge in [0.15, 0.2) is 0 Å². The van der Waals surface area contributed by atoms with E-state index in [-0.39, 0.29) is 0 Å². The highest BCUT2D eigenvalue weighted by atomic mass is 16.4. The Balaban J connectivity index is 3.07. The summed E-state index contributed by atoms with van der Waals surface area (Å²) in [5.74, 6) is 0. The normalized spacial score (nSPS) is 9.93. The molecule has 0 radical (unpaired) electrons. The van der Waals surface area contributed by atoms with Gasteiger partial charge in [0, 0.05) is 5.69 Å². The molecule has 0 heterocycles. The van der Waals surface area contributed by atoms with Crippen LogP contribution in [-0.4, -0.2) is 11.2 Å². The fourth-order valence-electron chi connectivity index (χ4n) is 1.75. The number of benzene rings is 1. The van der Waals surface area contributed by atoms with Gasteiger partial charge in [-0.2, -0.15) is 0 Å². The molecule has 1 amide bonds. The van der Waals surface area contributed by atoms with E-state index in [1.165, 1.54) is 5.56 Å². The molecule has 0 unspecified atom stereocenters. The van der Waals surface area contributed by atoms with Crippen molar-refractivity contribution >= 4 is 11.8 Å². The maximum Gasteiger partial charge on any atom is 0.409 e. The summed E-state index contributed by atoms with van der Waals surface area (Å²) in [5, 5.41) is 10.9. The summed E-state index contributed by atoms with van der Waals surface area (Å²) < 4.78 is 0. The molecule has 0 fully saturated rings. The van der Waals surface area contributed by atoms with Crippen LogP contribution < -0.4 is 5.32 Å². The molecule has 3 heteroatoms. The molecule has 0 atom stereocenters. The lowest BCUT2D eigenvalue weighted by atomic mass is 10.00. The van der Waals surface area contributed by atoms with Gasteiger partial charge in [0.05, 0.1) is 0 Å². The quantitative estimate of drug-likeness (QED) is 0.758. The Labute approximate surface area is 83.8 Å². The van der Waals surface area contributed by atoms with Gasteiger partial charge in [-0.25, -0.2) is 4.79 Å². The van der Waals surface area contributed by atoms with Gasteiger partial charge in [0.2, 0.25) is 0 Å². The van der Waals surface area contributed by atoms with Crippen molar-refractivity contribution in [3.63, 3.8) is 0 Å². The van der Waals surface area contributed by atoms with E-state index in [9.17, 15) is 4.79 Å². The van der Waals surface area contributed by atoms with Gasteiger partial charge in [0.25, 0.3) is 0 Å². The Morgan fingerprint density at radius 2 is 1.86 bits per heavy atom. The van der Waals surface area contributed by atoms with Crippen molar-refractivity contribution in [3.8, 4) is 0 Å². The molecule has 0 saturated heterocycles. The first-order valence-corrected chi connectivity index (χ1v) is 4.64. The molecule has 0 aliphatic carbocycles. The molecule has 0 saturated carbocycles. The summed E-state index contributed by atoms with van der Waals surface area (Å²) in [4.78, 5) is 10.4. The van der Waals surface area contributed by atoms with Crippen LogP contribution in [0.25, 0.3) is 0 Å². The largest absolute Gasteiger partial charge is 0.465 e. The number of hydrogen-bond acceptors (Lipinski definition) is 1. The van der Waals surface area contributed by atoms with Crippen molar-refractivity contribution < 1.29 is 9.90 Å². The monoisotopic (exact) mass is 193 g/mol. The van der Waals surface area contributed by atoms with Crippen LogP contribution in [0.15, 0.2) is 12.1 Å². The zero-order chi connectivity index (χ0) is 10.7. The van der Waals surface area contributed by atoms with E-state index in [0.717, 1.165) is 17.5 Å². The van der Waals surface area contributed by atoms with Crippen molar-refractivity contribution in [1.82, 2.24) is 0 Å². The third-order valence-electron chi connectivity index (χ3n) is 2.30. The van der Waals surface area contributed by atoms with Crippen LogP contribution in [0, 0.1) is 13.8 Å². The molecule has 76 valence electrons. The summed E-state index contributed by atoms with van der Waals surface area (Å²) in [6.07, 6.45) is -0.0431. The van der Waals surface area contributed by atoms with Gasteiger partial charge in [-0.3, -0.25) is 5.32 Å². The first-order chi connectivity index (χ1) is 6.54. The zero-order valence-electron chi connectivity index (χ0n) is 8.72. The minimum absolute atomic E-state index is 0.643. The van der Waals surface area contributed by atoms with E-state index in [0.29, 0.717) is 5.69 Å². The summed E-state index contributed by atoms with van der Waals surface area (Å²) >= 11 is 0. The molecule has 0 aliphatic heterocycles. The second kappa shape index (κ2) is 4.13. The molecular formula is C11H15NO2. The smallest absolute Gasteiger partial charge is 0.409 e. The first-order valence-electron chi connectivity index (χ1n) is 4.64. The number of nitrogens with one attached hydrogen (secondary N) is 1. The Bertz CT molecular complexity index is 335. The highest BCUT2D eigenvalue weighted by molar-refractivity contribution is 5.83. The average molecular weight is 193 g/mol. The van der Waals surface area contributed by atoms with Gasteiger partial charge in [-0.1, -0.05) is 6.92 Å². The molecular weight excluding hydrogens is 178 g/mol. The number of aryl methyl sites for hydroxylation is 2. The van der Waals surface area contributed by atoms with Gasteiger partial charge in [-0.15, -0.1) is 0 Å². The number of carbonyl (C=O) groups is 1. The third kappa shape index (κ3) is 2.25. The topological polar surface area (TPSA) is 49.3 Å². The average Bonchev–Trinajstić information content (AvgIpc) is 2.01. The summed E-state index contributed by atoms with van der Waals surface area (Å²) in [7, 11) is 0. The highest BCUT2D eigenvalue weighted by Gasteiger charge is 2.04. The van der Waals surface area contributed by atoms with Crippen LogP contribution in [0.2, 0.25) is 0 Å². The molecule has 1 rings (SSSR count). The zero-order valence-corrected chi connectivity index (χ0v) is 8.72. The predicted octanol–water partition coefficient (Wildman–Crippen LogP) is 2.96. The van der Waals surface area contributed by atoms with Crippen molar-refractivity contribution in [2.45, 2.75) is 27.2 Å². The fourth-order valence-corrected chi connectivity index (χ4v) is 1.75. The van der Waals surface area contributed by atoms with E-state index in [4.69, 9.17) is 5.11 Å². The minimum Gasteiger partial charge on any atom is -0.465 e. The lowest BCUT2D eigenvalue weighted by Crippen LogP contribution is -2.08. The number of hydrogen-bond donors (Lipinski definition) is 2. The lowest BCUT2D eigenvalue weighted by molar-refractivity contribution is 0.210. The summed E-state index contributed by atoms with van der Waals surface area (Å²) in [5.41, 5.74) is 4.21. The van der Waals surface area contributed by atoms with Gasteiger partial charge < -0.3 is 5.11 Å². The molecule has 1 aromatic rings. The van der Waals surface area contributed by atoms with E-state index in [1.54, 1.807) is 0 Å². The highest BCUT2D eigenvalue weighted by Crippen LogP contribution is 2.20. The molecule has 0 aromatic heterocycles. The van der Waals surface area contributed by atoms with Crippen molar-refractivity contribution in [2.24, 2.45) is 0 Å². The van der Waals surface area contributed by atoms with E-state index >= 15 is 0 Å². The van der Waals surface area contributed by atoms with Crippen molar-refractivity contribution in [3.05, 3.63) is 28.8 Å². The third-order valence-corrected chi connectivity index (χ3v) is 2.30. The van der Waals surface area contributed by atoms with Gasteiger partial charge in [0.1, 0.15) is 0 Å². The Hall–Kier alpha value is -1.51. The number of carboxylic acid groups (broad SMARTS) is 1. The van der Waals surface area contributed by atoms with Crippen LogP contribution in [0.5, 0.6) is 0 Å². The molecule has 0 aliphatic rings. The predicted molar refractivity (Wildman–Crippen MR) is 56.9 cm³/mol. The Kier molecular flexibility index (Phi) is 3.12. The fraction of sp³-hybridized carbons (Fsp3) is 0.364. The second-order valence-corrected chi connectivity index (χ2v) is 3.37. The molecule has 14 heavy (non-hydrogen) atoms. The first kappa shape index (κ1) is 10.6. The van der Waals surface area contributed by atoms with Crippen LogP contribution >= 0.6 is 0 Å². The maximum atomic E-state index is 10.4. The molecule has 0 bridgehead atoms. The molecule has 1 aromatic carbocycles. The van der Waals surface area contributed by atoms with E-state index in [1.807, 2.05) is 26.0 Å². The molecule has 2 N–H and O–H groups in total. The van der Waals surface area contributed by atoms with Crippen LogP contribution in [-0.2, 0) is 6.42 Å². The van der Waals surface area contributed by atoms with Crippen LogP contribution in [0.4, 0.5) is 10.5 Å². The van der Waals surface area contributed by atoms with Crippen molar-refractivity contribution in [2.75, 3.05) is 5.32 Å². The number of rotatable bonds is 2. The van der Waals surface area contributed by atoms with Crippen molar-refractivity contribution in [1.29, 1.82) is 0 Å². The summed E-state index contributed by atoms with van der Waals surface area (Å²) in [6, 6.07) is 3.72. The van der Waals surface area contributed by atoms with E-state index in [2.05, 4.69) is 12.2 Å². The Morgan fingerprint density at radius 1 is 1.36 bits per heavy atom. The molecule has 3 nitrogen and oxygen atoms in total. The SMILES string of the molecule is CCc1c(C)cc(NC(=O)O)cc1C. The van der Waals surface area contributed by atoms with Gasteiger partial charge >= 0.3 is 6.09 Å². The Morgan fingerprint density at radius 3 is 2.21 bits per heavy atom. The van der Waals surface area contributed by atoms with Crippen LogP contribution in [0.1, 0.15) is 23.6 Å². The second-order valence-electron chi connectivity index (χ2n) is 3.37. The molecule has 0 spiro atoms. The standard InChI is InChI=1S/C11H15NO2/c1-4-10-7(2)5-9(6-8(10)3)12-11(13)14/h5-6,12H,4H2,1-3H3,(H,13,14). The number of amides is 1. The van der Waals surface area contributed by atoms with Crippen LogP contribution in [0.3, 0.4) is 0 Å².